The topological polar surface area (TPSA) is 26.3 Å². The number of benzene rings is 1. The van der Waals surface area contributed by atoms with E-state index in [0.717, 1.165) is 12.8 Å². The number of aryl methyl sites for hydroxylation is 2. The van der Waals surface area contributed by atoms with Crippen LogP contribution >= 0.6 is 0 Å². The van der Waals surface area contributed by atoms with Gasteiger partial charge in [0, 0.05) is 6.08 Å². The third-order valence-corrected chi connectivity index (χ3v) is 2.71. The lowest BCUT2D eigenvalue weighted by atomic mass is 9.92. The van der Waals surface area contributed by atoms with Gasteiger partial charge in [-0.15, -0.1) is 0 Å². The molecule has 78 valence electrons. The van der Waals surface area contributed by atoms with Gasteiger partial charge in [0.05, 0.1) is 0 Å². The van der Waals surface area contributed by atoms with E-state index in [-0.39, 0.29) is 0 Å². The molecule has 0 heterocycles. The van der Waals surface area contributed by atoms with Crippen LogP contribution in [0.3, 0.4) is 0 Å². The summed E-state index contributed by atoms with van der Waals surface area (Å²) in [4.78, 5) is 11.0. The second-order valence-electron chi connectivity index (χ2n) is 3.76. The fraction of sp³-hybridized carbons (Fsp3) is 0.308. The van der Waals surface area contributed by atoms with Crippen LogP contribution in [0.5, 0.6) is 5.75 Å². The van der Waals surface area contributed by atoms with Crippen LogP contribution in [-0.2, 0) is 17.6 Å². The van der Waals surface area contributed by atoms with Crippen LogP contribution in [0.25, 0.3) is 0 Å². The molecule has 15 heavy (non-hydrogen) atoms. The normalized spacial score (nSPS) is 14.1. The van der Waals surface area contributed by atoms with Gasteiger partial charge < -0.3 is 4.74 Å². The molecule has 0 unspecified atom stereocenters. The van der Waals surface area contributed by atoms with E-state index < -0.39 is 5.97 Å². The number of rotatable bonds is 2. The van der Waals surface area contributed by atoms with Gasteiger partial charge in [0.25, 0.3) is 0 Å². The molecule has 1 aromatic rings. The predicted molar refractivity (Wildman–Crippen MR) is 58.9 cm³/mol. The molecule has 0 spiro atoms. The molecule has 0 saturated heterocycles. The van der Waals surface area contributed by atoms with Crippen molar-refractivity contribution in [3.8, 4) is 5.75 Å². The van der Waals surface area contributed by atoms with E-state index in [1.165, 1.54) is 30.0 Å². The number of carbonyl (C=O) groups excluding carboxylic acids is 1. The van der Waals surface area contributed by atoms with Crippen molar-refractivity contribution in [2.24, 2.45) is 0 Å². The molecule has 1 aliphatic rings. The van der Waals surface area contributed by atoms with Gasteiger partial charge >= 0.3 is 5.97 Å². The number of hydrogen-bond donors (Lipinski definition) is 0. The third-order valence-electron chi connectivity index (χ3n) is 2.71. The Kier molecular flexibility index (Phi) is 2.86. The van der Waals surface area contributed by atoms with E-state index in [0.29, 0.717) is 5.75 Å². The summed E-state index contributed by atoms with van der Waals surface area (Å²) in [7, 11) is 0. The number of ether oxygens (including phenoxy) is 1. The van der Waals surface area contributed by atoms with Gasteiger partial charge in [0.1, 0.15) is 5.75 Å². The lowest BCUT2D eigenvalue weighted by molar-refractivity contribution is -0.128. The van der Waals surface area contributed by atoms with Gasteiger partial charge in [0.15, 0.2) is 0 Å². The molecule has 2 nitrogen and oxygen atoms in total. The molecule has 0 aromatic heterocycles. The SMILES string of the molecule is C=CC(=O)Oc1ccc2c(c1)CCCC2. The average Bonchev–Trinajstić information content (AvgIpc) is 2.29. The zero-order valence-electron chi connectivity index (χ0n) is 8.66. The Labute approximate surface area is 89.6 Å². The van der Waals surface area contributed by atoms with Crippen molar-refractivity contribution in [2.45, 2.75) is 25.7 Å². The molecule has 0 aliphatic heterocycles. The third kappa shape index (κ3) is 2.27. The quantitative estimate of drug-likeness (QED) is 0.418. The zero-order chi connectivity index (χ0) is 10.7. The molecule has 0 N–H and O–H groups in total. The molecule has 1 aliphatic carbocycles. The van der Waals surface area contributed by atoms with Crippen LogP contribution in [0, 0.1) is 0 Å². The van der Waals surface area contributed by atoms with Gasteiger partial charge in [-0.25, -0.2) is 4.79 Å². The summed E-state index contributed by atoms with van der Waals surface area (Å²) in [5.74, 6) is 0.228. The van der Waals surface area contributed by atoms with Crippen molar-refractivity contribution in [2.75, 3.05) is 0 Å². The van der Waals surface area contributed by atoms with Crippen LogP contribution in [0.1, 0.15) is 24.0 Å². The molecule has 0 bridgehead atoms. The van der Waals surface area contributed by atoms with E-state index in [4.69, 9.17) is 4.74 Å². The summed E-state index contributed by atoms with van der Waals surface area (Å²) in [6.07, 6.45) is 5.91. The summed E-state index contributed by atoms with van der Waals surface area (Å²) in [5.41, 5.74) is 2.70. The number of carbonyl (C=O) groups is 1. The fourth-order valence-corrected chi connectivity index (χ4v) is 1.93. The van der Waals surface area contributed by atoms with E-state index in [1.807, 2.05) is 12.1 Å². The molecular formula is C13H14O2. The molecule has 2 heteroatoms. The Morgan fingerprint density at radius 1 is 1.27 bits per heavy atom. The summed E-state index contributed by atoms with van der Waals surface area (Å²) in [6, 6.07) is 5.88. The van der Waals surface area contributed by atoms with E-state index in [2.05, 4.69) is 12.6 Å². The second kappa shape index (κ2) is 4.30. The average molecular weight is 202 g/mol. The van der Waals surface area contributed by atoms with Crippen LogP contribution in [0.15, 0.2) is 30.9 Å². The van der Waals surface area contributed by atoms with Crippen molar-refractivity contribution in [3.63, 3.8) is 0 Å². The minimum absolute atomic E-state index is 0.397. The zero-order valence-corrected chi connectivity index (χ0v) is 8.66. The van der Waals surface area contributed by atoms with Crippen molar-refractivity contribution in [1.29, 1.82) is 0 Å². The predicted octanol–water partition coefficient (Wildman–Crippen LogP) is 2.66. The lowest BCUT2D eigenvalue weighted by Crippen LogP contribution is -2.06. The van der Waals surface area contributed by atoms with Crippen LogP contribution < -0.4 is 4.74 Å². The van der Waals surface area contributed by atoms with Gasteiger partial charge in [-0.1, -0.05) is 12.6 Å². The van der Waals surface area contributed by atoms with Gasteiger partial charge in [-0.3, -0.25) is 0 Å². The van der Waals surface area contributed by atoms with Crippen molar-refractivity contribution in [1.82, 2.24) is 0 Å². The number of fused-ring (bicyclic) bond motifs is 1. The van der Waals surface area contributed by atoms with Crippen LogP contribution in [0.2, 0.25) is 0 Å². The van der Waals surface area contributed by atoms with Crippen molar-refractivity contribution < 1.29 is 9.53 Å². The first-order valence-corrected chi connectivity index (χ1v) is 5.25. The molecule has 0 saturated carbocycles. The van der Waals surface area contributed by atoms with E-state index in [1.54, 1.807) is 0 Å². The van der Waals surface area contributed by atoms with Crippen molar-refractivity contribution >= 4 is 5.97 Å². The highest BCUT2D eigenvalue weighted by Gasteiger charge is 2.10. The van der Waals surface area contributed by atoms with Gasteiger partial charge in [-0.2, -0.15) is 0 Å². The maximum absolute atomic E-state index is 11.0. The first-order chi connectivity index (χ1) is 7.29. The Bertz CT molecular complexity index is 394. The Morgan fingerprint density at radius 3 is 2.73 bits per heavy atom. The largest absolute Gasteiger partial charge is 0.423 e. The Hall–Kier alpha value is -1.57. The Morgan fingerprint density at radius 2 is 2.00 bits per heavy atom. The standard InChI is InChI=1S/C13H14O2/c1-2-13(14)15-12-8-7-10-5-3-4-6-11(10)9-12/h2,7-9H,1,3-6H2. The molecule has 0 radical (unpaired) electrons. The molecule has 0 atom stereocenters. The maximum Gasteiger partial charge on any atom is 0.335 e. The second-order valence-corrected chi connectivity index (χ2v) is 3.76. The molecule has 2 rings (SSSR count). The van der Waals surface area contributed by atoms with E-state index in [9.17, 15) is 4.79 Å². The first kappa shape index (κ1) is 9.97. The molecule has 0 amide bonds. The highest BCUT2D eigenvalue weighted by molar-refractivity contribution is 5.83. The lowest BCUT2D eigenvalue weighted by Gasteiger charge is -2.16. The minimum atomic E-state index is -0.397. The van der Waals surface area contributed by atoms with Crippen molar-refractivity contribution in [3.05, 3.63) is 42.0 Å². The molecule has 0 fully saturated rings. The Balaban J connectivity index is 2.20. The summed E-state index contributed by atoms with van der Waals surface area (Å²) >= 11 is 0. The summed E-state index contributed by atoms with van der Waals surface area (Å²) in [5, 5.41) is 0. The first-order valence-electron chi connectivity index (χ1n) is 5.25. The van der Waals surface area contributed by atoms with E-state index >= 15 is 0 Å². The number of hydrogen-bond acceptors (Lipinski definition) is 2. The highest BCUT2D eigenvalue weighted by atomic mass is 16.5. The number of esters is 1. The molecule has 1 aromatic carbocycles. The van der Waals surface area contributed by atoms with Crippen LogP contribution in [-0.4, -0.2) is 5.97 Å². The van der Waals surface area contributed by atoms with Crippen LogP contribution in [0.4, 0.5) is 0 Å². The summed E-state index contributed by atoms with van der Waals surface area (Å²) < 4.78 is 5.07. The fourth-order valence-electron chi connectivity index (χ4n) is 1.93. The van der Waals surface area contributed by atoms with Gasteiger partial charge in [-0.05, 0) is 48.9 Å². The maximum atomic E-state index is 11.0. The smallest absolute Gasteiger partial charge is 0.335 e. The monoisotopic (exact) mass is 202 g/mol. The summed E-state index contributed by atoms with van der Waals surface area (Å²) in [6.45, 7) is 3.37. The highest BCUT2D eigenvalue weighted by Crippen LogP contribution is 2.25. The minimum Gasteiger partial charge on any atom is -0.423 e. The van der Waals surface area contributed by atoms with Gasteiger partial charge in [0.2, 0.25) is 0 Å². The molecular weight excluding hydrogens is 188 g/mol.